The van der Waals surface area contributed by atoms with Crippen LogP contribution < -0.4 is 15.1 Å². The molecule has 0 bridgehead atoms. The van der Waals surface area contributed by atoms with Crippen molar-refractivity contribution in [3.63, 3.8) is 0 Å². The van der Waals surface area contributed by atoms with Crippen LogP contribution in [0.2, 0.25) is 0 Å². The lowest BCUT2D eigenvalue weighted by Gasteiger charge is -2.36. The van der Waals surface area contributed by atoms with Gasteiger partial charge in [-0.2, -0.15) is 4.98 Å². The number of nitrogens with one attached hydrogen (secondary N) is 1. The maximum absolute atomic E-state index is 13.2. The van der Waals surface area contributed by atoms with Crippen LogP contribution in [0.25, 0.3) is 0 Å². The number of amides is 2. The summed E-state index contributed by atoms with van der Waals surface area (Å²) in [5.41, 5.74) is 3.92. The molecule has 35 heavy (non-hydrogen) atoms. The highest BCUT2D eigenvalue weighted by Crippen LogP contribution is 2.27. The lowest BCUT2D eigenvalue weighted by Crippen LogP contribution is -2.51. The molecule has 2 fully saturated rings. The van der Waals surface area contributed by atoms with E-state index in [4.69, 9.17) is 4.98 Å². The van der Waals surface area contributed by atoms with Gasteiger partial charge in [0.05, 0.1) is 5.92 Å². The molecule has 5 rings (SSSR count). The van der Waals surface area contributed by atoms with Crippen molar-refractivity contribution < 1.29 is 9.59 Å². The van der Waals surface area contributed by atoms with Crippen molar-refractivity contribution in [1.82, 2.24) is 14.9 Å². The number of rotatable bonds is 5. The van der Waals surface area contributed by atoms with Gasteiger partial charge in [0.2, 0.25) is 17.8 Å². The zero-order chi connectivity index (χ0) is 24.4. The molecule has 0 aliphatic carbocycles. The summed E-state index contributed by atoms with van der Waals surface area (Å²) >= 11 is 0. The summed E-state index contributed by atoms with van der Waals surface area (Å²) in [4.78, 5) is 40.8. The second-order valence-electron chi connectivity index (χ2n) is 9.24. The smallest absolute Gasteiger partial charge is 0.228 e. The van der Waals surface area contributed by atoms with Crippen LogP contribution in [0.3, 0.4) is 0 Å². The number of benzene rings is 2. The zero-order valence-electron chi connectivity index (χ0n) is 20.1. The Morgan fingerprint density at radius 3 is 2.37 bits per heavy atom. The summed E-state index contributed by atoms with van der Waals surface area (Å²) in [6.45, 7) is 6.95. The molecule has 8 nitrogen and oxygen atoms in total. The zero-order valence-corrected chi connectivity index (χ0v) is 20.1. The highest BCUT2D eigenvalue weighted by Gasteiger charge is 2.38. The molecule has 0 spiro atoms. The predicted molar refractivity (Wildman–Crippen MR) is 137 cm³/mol. The van der Waals surface area contributed by atoms with Gasteiger partial charge in [-0.1, -0.05) is 35.9 Å². The van der Waals surface area contributed by atoms with E-state index in [0.717, 1.165) is 22.9 Å². The van der Waals surface area contributed by atoms with Gasteiger partial charge in [0.15, 0.2) is 0 Å². The van der Waals surface area contributed by atoms with E-state index in [2.05, 4.69) is 34.3 Å². The monoisotopic (exact) mass is 470 g/mol. The second-order valence-corrected chi connectivity index (χ2v) is 9.24. The average molecular weight is 471 g/mol. The number of hydrogen-bond donors (Lipinski definition) is 1. The first kappa shape index (κ1) is 22.8. The fraction of sp³-hybridized carbons (Fsp3) is 0.333. The minimum Gasteiger partial charge on any atom is -0.340 e. The molecule has 1 unspecified atom stereocenters. The number of carbonyl (C=O) groups is 2. The van der Waals surface area contributed by atoms with Crippen molar-refractivity contribution >= 4 is 35.0 Å². The lowest BCUT2D eigenvalue weighted by atomic mass is 10.1. The van der Waals surface area contributed by atoms with E-state index < -0.39 is 0 Å². The highest BCUT2D eigenvalue weighted by molar-refractivity contribution is 6.00. The Morgan fingerprint density at radius 2 is 1.66 bits per heavy atom. The molecule has 2 saturated heterocycles. The quantitative estimate of drug-likeness (QED) is 0.614. The van der Waals surface area contributed by atoms with E-state index in [1.807, 2.05) is 60.4 Å². The number of nitrogens with zero attached hydrogens (tertiary/aromatic N) is 5. The van der Waals surface area contributed by atoms with Crippen LogP contribution in [0.1, 0.15) is 17.7 Å². The minimum atomic E-state index is -0.296. The number of carbonyl (C=O) groups excluding carboxylic acids is 2. The van der Waals surface area contributed by atoms with Crippen molar-refractivity contribution in [3.8, 4) is 0 Å². The average Bonchev–Trinajstić information content (AvgIpc) is 3.27. The van der Waals surface area contributed by atoms with Gasteiger partial charge in [-0.25, -0.2) is 4.98 Å². The molecule has 0 saturated carbocycles. The maximum Gasteiger partial charge on any atom is 0.228 e. The summed E-state index contributed by atoms with van der Waals surface area (Å²) in [5.74, 6) is 1.19. The van der Waals surface area contributed by atoms with Crippen LogP contribution in [0, 0.1) is 19.8 Å². The first-order valence-corrected chi connectivity index (χ1v) is 12.0. The van der Waals surface area contributed by atoms with E-state index in [0.29, 0.717) is 38.7 Å². The van der Waals surface area contributed by atoms with Crippen LogP contribution in [0.5, 0.6) is 0 Å². The van der Waals surface area contributed by atoms with Crippen molar-refractivity contribution in [3.05, 3.63) is 71.9 Å². The minimum absolute atomic E-state index is 0.00922. The van der Waals surface area contributed by atoms with Gasteiger partial charge in [-0.05, 0) is 38.1 Å². The molecule has 2 amide bonds. The molecule has 2 aromatic carbocycles. The van der Waals surface area contributed by atoms with Gasteiger partial charge in [0.25, 0.3) is 0 Å². The van der Waals surface area contributed by atoms with Crippen molar-refractivity contribution in [1.29, 1.82) is 0 Å². The number of anilines is 4. The van der Waals surface area contributed by atoms with Crippen LogP contribution >= 0.6 is 0 Å². The number of aromatic nitrogens is 2. The normalized spacial score (nSPS) is 18.2. The largest absolute Gasteiger partial charge is 0.340 e. The lowest BCUT2D eigenvalue weighted by molar-refractivity contribution is -0.136. The number of para-hydroxylation sites is 1. The van der Waals surface area contributed by atoms with Crippen LogP contribution in [0.15, 0.2) is 60.7 Å². The van der Waals surface area contributed by atoms with Gasteiger partial charge in [-0.3, -0.25) is 9.59 Å². The van der Waals surface area contributed by atoms with Crippen LogP contribution in [-0.2, 0) is 9.59 Å². The fourth-order valence-electron chi connectivity index (χ4n) is 4.66. The van der Waals surface area contributed by atoms with Gasteiger partial charge in [-0.15, -0.1) is 0 Å². The predicted octanol–water partition coefficient (Wildman–Crippen LogP) is 3.54. The first-order chi connectivity index (χ1) is 17.0. The summed E-state index contributed by atoms with van der Waals surface area (Å²) in [6, 6.07) is 19.7. The highest BCUT2D eigenvalue weighted by atomic mass is 16.2. The third-order valence-electron chi connectivity index (χ3n) is 6.58. The third-order valence-corrected chi connectivity index (χ3v) is 6.58. The third kappa shape index (κ3) is 5.11. The van der Waals surface area contributed by atoms with Gasteiger partial charge >= 0.3 is 0 Å². The molecule has 1 N–H and O–H groups in total. The molecule has 1 atom stereocenters. The summed E-state index contributed by atoms with van der Waals surface area (Å²) in [7, 11) is 0. The van der Waals surface area contributed by atoms with Crippen LogP contribution in [-0.4, -0.2) is 59.4 Å². The second kappa shape index (κ2) is 9.74. The Kier molecular flexibility index (Phi) is 6.35. The number of aryl methyl sites for hydroxylation is 2. The van der Waals surface area contributed by atoms with Gasteiger partial charge in [0.1, 0.15) is 5.82 Å². The van der Waals surface area contributed by atoms with E-state index in [-0.39, 0.29) is 24.2 Å². The summed E-state index contributed by atoms with van der Waals surface area (Å²) < 4.78 is 0. The van der Waals surface area contributed by atoms with E-state index in [1.54, 1.807) is 4.90 Å². The van der Waals surface area contributed by atoms with Crippen molar-refractivity contribution in [2.45, 2.75) is 20.3 Å². The number of hydrogen-bond acceptors (Lipinski definition) is 6. The molecule has 2 aliphatic rings. The Labute approximate surface area is 205 Å². The molecular formula is C27H30N6O2. The van der Waals surface area contributed by atoms with Gasteiger partial charge in [0, 0.05) is 62.3 Å². The Bertz CT molecular complexity index is 1210. The van der Waals surface area contributed by atoms with Crippen molar-refractivity contribution in [2.24, 2.45) is 5.92 Å². The summed E-state index contributed by atoms with van der Waals surface area (Å²) in [6.07, 6.45) is 0.267. The molecule has 3 aromatic rings. The Morgan fingerprint density at radius 1 is 0.943 bits per heavy atom. The molecule has 3 heterocycles. The molecule has 2 aliphatic heterocycles. The Balaban J connectivity index is 1.20. The summed E-state index contributed by atoms with van der Waals surface area (Å²) in [5, 5.41) is 3.36. The fourth-order valence-corrected chi connectivity index (χ4v) is 4.66. The molecule has 8 heteroatoms. The first-order valence-electron chi connectivity index (χ1n) is 12.0. The molecule has 1 aromatic heterocycles. The molecular weight excluding hydrogens is 440 g/mol. The van der Waals surface area contributed by atoms with E-state index in [1.165, 1.54) is 5.56 Å². The van der Waals surface area contributed by atoms with Gasteiger partial charge < -0.3 is 20.0 Å². The topological polar surface area (TPSA) is 81.7 Å². The SMILES string of the molecule is Cc1ccc(Nc2cc(C)nc(N3CCN(C(=O)C4CC(=O)N(c5ccccc5)C4)CC3)n2)cc1. The van der Waals surface area contributed by atoms with E-state index >= 15 is 0 Å². The standard InChI is InChI=1S/C27H30N6O2/c1-19-8-10-22(11-9-19)29-24-16-20(2)28-27(30-24)32-14-12-31(13-15-32)26(35)21-17-25(34)33(18-21)23-6-4-3-5-7-23/h3-11,16,21H,12-15,17-18H2,1-2H3,(H,28,29,30). The van der Waals surface area contributed by atoms with Crippen LogP contribution in [0.4, 0.5) is 23.1 Å². The number of piperazine rings is 1. The maximum atomic E-state index is 13.2. The van der Waals surface area contributed by atoms with E-state index in [9.17, 15) is 9.59 Å². The molecule has 180 valence electrons. The Hall–Kier alpha value is -3.94. The molecule has 0 radical (unpaired) electrons. The van der Waals surface area contributed by atoms with Crippen molar-refractivity contribution in [2.75, 3.05) is 47.8 Å².